The second kappa shape index (κ2) is 5.93. The van der Waals surface area contributed by atoms with Crippen LogP contribution >= 0.6 is 0 Å². The molecule has 1 aromatic carbocycles. The summed E-state index contributed by atoms with van der Waals surface area (Å²) >= 11 is 0. The fourth-order valence-corrected chi connectivity index (χ4v) is 3.39. The van der Waals surface area contributed by atoms with Crippen molar-refractivity contribution < 1.29 is 22.7 Å². The fraction of sp³-hybridized carbons (Fsp3) is 0.500. The quantitative estimate of drug-likeness (QED) is 0.828. The van der Waals surface area contributed by atoms with E-state index >= 15 is 0 Å². The van der Waals surface area contributed by atoms with Gasteiger partial charge in [0, 0.05) is 25.4 Å². The molecule has 6 nitrogen and oxygen atoms in total. The largest absolute Gasteiger partial charge is 0.497 e. The maximum Gasteiger partial charge on any atom is 0.257 e. The third-order valence-corrected chi connectivity index (χ3v) is 5.27. The van der Waals surface area contributed by atoms with Crippen molar-refractivity contribution in [2.24, 2.45) is 0 Å². The number of methoxy groups -OCH3 is 2. The fourth-order valence-electron chi connectivity index (χ4n) is 2.41. The molecule has 1 amide bonds. The van der Waals surface area contributed by atoms with Gasteiger partial charge in [-0.15, -0.1) is 0 Å². The number of amides is 1. The van der Waals surface area contributed by atoms with Gasteiger partial charge in [-0.05, 0) is 18.6 Å². The number of nitrogens with zero attached hydrogens (tertiary/aromatic N) is 1. The van der Waals surface area contributed by atoms with E-state index in [2.05, 4.69) is 0 Å². The molecule has 1 aliphatic heterocycles. The summed E-state index contributed by atoms with van der Waals surface area (Å²) in [6.07, 6.45) is 1.68. The van der Waals surface area contributed by atoms with E-state index in [4.69, 9.17) is 9.47 Å². The van der Waals surface area contributed by atoms with Crippen molar-refractivity contribution in [3.05, 3.63) is 23.8 Å². The number of carbonyl (C=O) groups excluding carboxylic acids is 1. The van der Waals surface area contributed by atoms with E-state index in [9.17, 15) is 13.2 Å². The number of sulfone groups is 1. The molecular formula is C14H19NO5S. The van der Waals surface area contributed by atoms with Crippen molar-refractivity contribution in [3.63, 3.8) is 0 Å². The summed E-state index contributed by atoms with van der Waals surface area (Å²) in [5.41, 5.74) is 0.410. The molecule has 0 aliphatic carbocycles. The zero-order chi connectivity index (χ0) is 15.6. The zero-order valence-corrected chi connectivity index (χ0v) is 13.1. The molecule has 0 bridgehead atoms. The average Bonchev–Trinajstić information content (AvgIpc) is 2.95. The summed E-state index contributed by atoms with van der Waals surface area (Å²) in [5.74, 6) is 0.793. The lowest BCUT2D eigenvalue weighted by molar-refractivity contribution is 0.0790. The van der Waals surface area contributed by atoms with Gasteiger partial charge in [-0.1, -0.05) is 0 Å². The Labute approximate surface area is 124 Å². The molecule has 21 heavy (non-hydrogen) atoms. The van der Waals surface area contributed by atoms with E-state index in [-0.39, 0.29) is 12.5 Å². The Morgan fingerprint density at radius 3 is 2.52 bits per heavy atom. The van der Waals surface area contributed by atoms with Gasteiger partial charge in [0.1, 0.15) is 11.5 Å². The van der Waals surface area contributed by atoms with Crippen LogP contribution in [0.5, 0.6) is 11.5 Å². The van der Waals surface area contributed by atoms with E-state index < -0.39 is 15.1 Å². The third kappa shape index (κ3) is 3.29. The smallest absolute Gasteiger partial charge is 0.257 e. The molecule has 1 aliphatic rings. The lowest BCUT2D eigenvalue weighted by Gasteiger charge is -2.18. The summed E-state index contributed by atoms with van der Waals surface area (Å²) < 4.78 is 33.4. The first kappa shape index (κ1) is 15.6. The van der Waals surface area contributed by atoms with Gasteiger partial charge in [-0.2, -0.15) is 0 Å². The minimum Gasteiger partial charge on any atom is -0.497 e. The van der Waals surface area contributed by atoms with Crippen molar-refractivity contribution in [3.8, 4) is 11.5 Å². The van der Waals surface area contributed by atoms with Gasteiger partial charge in [0.2, 0.25) is 0 Å². The van der Waals surface area contributed by atoms with E-state index in [1.54, 1.807) is 23.1 Å². The molecule has 2 rings (SSSR count). The highest BCUT2D eigenvalue weighted by molar-refractivity contribution is 7.91. The Hall–Kier alpha value is -1.76. The van der Waals surface area contributed by atoms with Crippen LogP contribution in [0.25, 0.3) is 0 Å². The predicted octanol–water partition coefficient (Wildman–Crippen LogP) is 0.963. The third-order valence-electron chi connectivity index (χ3n) is 3.68. The Morgan fingerprint density at radius 2 is 2.00 bits per heavy atom. The van der Waals surface area contributed by atoms with Crippen molar-refractivity contribution in [1.29, 1.82) is 0 Å². The Kier molecular flexibility index (Phi) is 4.41. The van der Waals surface area contributed by atoms with E-state index in [0.717, 1.165) is 0 Å². The summed E-state index contributed by atoms with van der Waals surface area (Å²) in [5, 5.41) is -0.481. The number of likely N-dealkylation sites (tertiary alicyclic amines) is 1. The van der Waals surface area contributed by atoms with Crippen LogP contribution in [0.15, 0.2) is 18.2 Å². The number of carbonyl (C=O) groups is 1. The maximum absolute atomic E-state index is 12.5. The van der Waals surface area contributed by atoms with Gasteiger partial charge in [0.05, 0.1) is 25.0 Å². The minimum absolute atomic E-state index is 0.222. The summed E-state index contributed by atoms with van der Waals surface area (Å²) in [6, 6.07) is 4.95. The molecule has 116 valence electrons. The first-order valence-electron chi connectivity index (χ1n) is 6.57. The zero-order valence-electron chi connectivity index (χ0n) is 12.3. The first-order valence-corrected chi connectivity index (χ1v) is 8.52. The lowest BCUT2D eigenvalue weighted by Crippen LogP contribution is -2.31. The highest BCUT2D eigenvalue weighted by Gasteiger charge is 2.33. The SMILES string of the molecule is COc1ccc(C(=O)N2CCC(S(C)(=O)=O)C2)c(OC)c1. The van der Waals surface area contributed by atoms with Gasteiger partial charge in [-0.25, -0.2) is 8.42 Å². The molecule has 0 radical (unpaired) electrons. The number of hydrogen-bond acceptors (Lipinski definition) is 5. The number of hydrogen-bond donors (Lipinski definition) is 0. The molecule has 1 heterocycles. The molecule has 7 heteroatoms. The second-order valence-electron chi connectivity index (χ2n) is 5.06. The average molecular weight is 313 g/mol. The minimum atomic E-state index is -3.12. The molecule has 1 atom stereocenters. The van der Waals surface area contributed by atoms with Crippen LogP contribution in [0.3, 0.4) is 0 Å². The van der Waals surface area contributed by atoms with Gasteiger partial charge >= 0.3 is 0 Å². The monoisotopic (exact) mass is 313 g/mol. The molecule has 1 unspecified atom stereocenters. The van der Waals surface area contributed by atoms with Crippen LogP contribution in [0, 0.1) is 0 Å². The van der Waals surface area contributed by atoms with E-state index in [1.807, 2.05) is 0 Å². The van der Waals surface area contributed by atoms with Crippen LogP contribution < -0.4 is 9.47 Å². The van der Waals surface area contributed by atoms with Gasteiger partial charge in [-0.3, -0.25) is 4.79 Å². The number of rotatable bonds is 4. The van der Waals surface area contributed by atoms with Gasteiger partial charge < -0.3 is 14.4 Å². The van der Waals surface area contributed by atoms with Crippen LogP contribution in [0.1, 0.15) is 16.8 Å². The Balaban J connectivity index is 2.22. The van der Waals surface area contributed by atoms with Crippen LogP contribution in [-0.4, -0.2) is 58.0 Å². The summed E-state index contributed by atoms with van der Waals surface area (Å²) in [4.78, 5) is 14.1. The number of benzene rings is 1. The highest BCUT2D eigenvalue weighted by atomic mass is 32.2. The molecule has 0 aromatic heterocycles. The highest BCUT2D eigenvalue weighted by Crippen LogP contribution is 2.27. The van der Waals surface area contributed by atoms with Crippen LogP contribution in [0.4, 0.5) is 0 Å². The summed E-state index contributed by atoms with van der Waals surface area (Å²) in [7, 11) is -0.107. The Morgan fingerprint density at radius 1 is 1.29 bits per heavy atom. The van der Waals surface area contributed by atoms with Crippen LogP contribution in [0.2, 0.25) is 0 Å². The van der Waals surface area contributed by atoms with Crippen molar-refractivity contribution in [2.45, 2.75) is 11.7 Å². The lowest BCUT2D eigenvalue weighted by atomic mass is 10.1. The van der Waals surface area contributed by atoms with Crippen molar-refractivity contribution in [1.82, 2.24) is 4.90 Å². The normalized spacial score (nSPS) is 18.6. The maximum atomic E-state index is 12.5. The van der Waals surface area contributed by atoms with Gasteiger partial charge in [0.15, 0.2) is 9.84 Å². The first-order chi connectivity index (χ1) is 9.86. The second-order valence-corrected chi connectivity index (χ2v) is 7.38. The predicted molar refractivity (Wildman–Crippen MR) is 78.7 cm³/mol. The van der Waals surface area contributed by atoms with Crippen molar-refractivity contribution in [2.75, 3.05) is 33.6 Å². The van der Waals surface area contributed by atoms with Crippen LogP contribution in [-0.2, 0) is 9.84 Å². The van der Waals surface area contributed by atoms with Crippen molar-refractivity contribution >= 4 is 15.7 Å². The van der Waals surface area contributed by atoms with E-state index in [0.29, 0.717) is 30.0 Å². The molecule has 1 fully saturated rings. The topological polar surface area (TPSA) is 72.9 Å². The molecule has 0 N–H and O–H groups in total. The molecule has 1 aromatic rings. The molecule has 0 spiro atoms. The molecule has 1 saturated heterocycles. The molecule has 0 saturated carbocycles. The standard InChI is InChI=1S/C14H19NO5S/c1-19-10-4-5-12(13(8-10)20-2)14(16)15-7-6-11(9-15)21(3,17)18/h4-5,8,11H,6-7,9H2,1-3H3. The molecular weight excluding hydrogens is 294 g/mol. The van der Waals surface area contributed by atoms with Gasteiger partial charge in [0.25, 0.3) is 5.91 Å². The summed E-state index contributed by atoms with van der Waals surface area (Å²) in [6.45, 7) is 0.665. The van der Waals surface area contributed by atoms with E-state index in [1.165, 1.54) is 20.5 Å². The number of ether oxygens (including phenoxy) is 2. The Bertz CT molecular complexity index is 641.